The molecule has 0 heterocycles. The zero-order chi connectivity index (χ0) is 17.1. The van der Waals surface area contributed by atoms with Crippen molar-refractivity contribution in [1.82, 2.24) is 0 Å². The summed E-state index contributed by atoms with van der Waals surface area (Å²) in [5, 5.41) is 4.42. The predicted molar refractivity (Wildman–Crippen MR) is 80.0 cm³/mol. The molecule has 0 unspecified atom stereocenters. The number of carbonyl (C=O) groups is 2. The highest BCUT2D eigenvalue weighted by atomic mass is 35.5. The molecular formula is C14H7Cl2F3N2O2. The zero-order valence-corrected chi connectivity index (χ0v) is 12.6. The van der Waals surface area contributed by atoms with Gasteiger partial charge in [0.25, 0.3) is 0 Å². The monoisotopic (exact) mass is 362 g/mol. The first-order chi connectivity index (χ1) is 10.8. The number of anilines is 2. The van der Waals surface area contributed by atoms with Crippen LogP contribution in [0.1, 0.15) is 0 Å². The molecule has 0 fully saturated rings. The molecule has 120 valence electrons. The fraction of sp³-hybridized carbons (Fsp3) is 0. The third-order valence-corrected chi connectivity index (χ3v) is 3.41. The van der Waals surface area contributed by atoms with E-state index in [1.807, 2.05) is 5.32 Å². The molecule has 0 aliphatic carbocycles. The van der Waals surface area contributed by atoms with Gasteiger partial charge in [0.05, 0.1) is 15.7 Å². The summed E-state index contributed by atoms with van der Waals surface area (Å²) >= 11 is 11.4. The SMILES string of the molecule is O=C(Nc1ccc(Cl)c(Cl)c1)C(=O)Nc1ccc(F)c(F)c1F. The normalized spacial score (nSPS) is 10.3. The van der Waals surface area contributed by atoms with E-state index in [4.69, 9.17) is 23.2 Å². The van der Waals surface area contributed by atoms with Crippen molar-refractivity contribution in [2.75, 3.05) is 10.6 Å². The third kappa shape index (κ3) is 3.94. The van der Waals surface area contributed by atoms with Crippen molar-refractivity contribution in [2.24, 2.45) is 0 Å². The molecule has 0 spiro atoms. The summed E-state index contributed by atoms with van der Waals surface area (Å²) in [6.45, 7) is 0. The Labute approximate surface area is 138 Å². The molecule has 2 amide bonds. The lowest BCUT2D eigenvalue weighted by atomic mass is 10.2. The van der Waals surface area contributed by atoms with Crippen LogP contribution in [0.25, 0.3) is 0 Å². The quantitative estimate of drug-likeness (QED) is 0.626. The third-order valence-electron chi connectivity index (χ3n) is 2.67. The number of benzene rings is 2. The average Bonchev–Trinajstić information content (AvgIpc) is 2.51. The van der Waals surface area contributed by atoms with E-state index in [9.17, 15) is 22.8 Å². The maximum absolute atomic E-state index is 13.4. The number of amides is 2. The molecule has 4 nitrogen and oxygen atoms in total. The Hall–Kier alpha value is -2.25. The molecule has 0 aliphatic rings. The van der Waals surface area contributed by atoms with Gasteiger partial charge < -0.3 is 10.6 Å². The van der Waals surface area contributed by atoms with Crippen LogP contribution in [-0.2, 0) is 9.59 Å². The van der Waals surface area contributed by atoms with Gasteiger partial charge in [-0.3, -0.25) is 9.59 Å². The molecule has 0 aliphatic heterocycles. The Kier molecular flexibility index (Phi) is 5.12. The van der Waals surface area contributed by atoms with Crippen molar-refractivity contribution in [3.63, 3.8) is 0 Å². The first-order valence-corrected chi connectivity index (χ1v) is 6.76. The molecule has 0 saturated carbocycles. The van der Waals surface area contributed by atoms with Crippen LogP contribution < -0.4 is 10.6 Å². The number of carbonyl (C=O) groups excluding carboxylic acids is 2. The van der Waals surface area contributed by atoms with Crippen molar-refractivity contribution in [2.45, 2.75) is 0 Å². The van der Waals surface area contributed by atoms with E-state index < -0.39 is 35.0 Å². The number of hydrogen-bond acceptors (Lipinski definition) is 2. The number of rotatable bonds is 2. The molecule has 0 aromatic heterocycles. The molecular weight excluding hydrogens is 356 g/mol. The summed E-state index contributed by atoms with van der Waals surface area (Å²) in [6.07, 6.45) is 0. The van der Waals surface area contributed by atoms with E-state index in [2.05, 4.69) is 5.32 Å². The average molecular weight is 363 g/mol. The fourth-order valence-electron chi connectivity index (χ4n) is 1.56. The summed E-state index contributed by atoms with van der Waals surface area (Å²) < 4.78 is 39.2. The van der Waals surface area contributed by atoms with Crippen LogP contribution >= 0.6 is 23.2 Å². The second kappa shape index (κ2) is 6.89. The topological polar surface area (TPSA) is 58.2 Å². The standard InChI is InChI=1S/C14H7Cl2F3N2O2/c15-7-2-1-6(5-8(7)16)20-13(22)14(23)21-10-4-3-9(17)11(18)12(10)19/h1-5H,(H,20,22)(H,21,23). The van der Waals surface area contributed by atoms with E-state index in [1.165, 1.54) is 18.2 Å². The van der Waals surface area contributed by atoms with Gasteiger partial charge in [-0.1, -0.05) is 23.2 Å². The summed E-state index contributed by atoms with van der Waals surface area (Å²) in [5.74, 6) is -7.22. The molecule has 0 radical (unpaired) electrons. The molecule has 2 rings (SSSR count). The van der Waals surface area contributed by atoms with Gasteiger partial charge in [-0.15, -0.1) is 0 Å². The van der Waals surface area contributed by atoms with Gasteiger partial charge in [0.15, 0.2) is 17.5 Å². The zero-order valence-electron chi connectivity index (χ0n) is 11.1. The van der Waals surface area contributed by atoms with Gasteiger partial charge >= 0.3 is 11.8 Å². The number of hydrogen-bond donors (Lipinski definition) is 2. The maximum atomic E-state index is 13.4. The number of nitrogens with one attached hydrogen (secondary N) is 2. The van der Waals surface area contributed by atoms with Crippen molar-refractivity contribution in [1.29, 1.82) is 0 Å². The van der Waals surface area contributed by atoms with Crippen LogP contribution in [0, 0.1) is 17.5 Å². The van der Waals surface area contributed by atoms with Gasteiger partial charge in [-0.2, -0.15) is 0 Å². The van der Waals surface area contributed by atoms with Crippen LogP contribution in [0.5, 0.6) is 0 Å². The van der Waals surface area contributed by atoms with E-state index >= 15 is 0 Å². The van der Waals surface area contributed by atoms with Gasteiger partial charge in [0.1, 0.15) is 0 Å². The molecule has 2 aromatic carbocycles. The molecule has 0 atom stereocenters. The van der Waals surface area contributed by atoms with Crippen LogP contribution in [0.4, 0.5) is 24.5 Å². The Balaban J connectivity index is 2.10. The number of halogens is 5. The van der Waals surface area contributed by atoms with Crippen LogP contribution in [-0.4, -0.2) is 11.8 Å². The van der Waals surface area contributed by atoms with Crippen LogP contribution in [0.2, 0.25) is 10.0 Å². The smallest absolute Gasteiger partial charge is 0.314 e. The minimum Gasteiger partial charge on any atom is -0.318 e. The minimum absolute atomic E-state index is 0.150. The van der Waals surface area contributed by atoms with Gasteiger partial charge in [0.2, 0.25) is 0 Å². The molecule has 9 heteroatoms. The Bertz CT molecular complexity index is 800. The minimum atomic E-state index is -1.76. The highest BCUT2D eigenvalue weighted by molar-refractivity contribution is 6.44. The highest BCUT2D eigenvalue weighted by Gasteiger charge is 2.19. The van der Waals surface area contributed by atoms with E-state index in [0.29, 0.717) is 6.07 Å². The second-order valence-electron chi connectivity index (χ2n) is 4.26. The lowest BCUT2D eigenvalue weighted by Gasteiger charge is -2.08. The van der Waals surface area contributed by atoms with Crippen LogP contribution in [0.3, 0.4) is 0 Å². The molecule has 0 saturated heterocycles. The summed E-state index contributed by atoms with van der Waals surface area (Å²) in [6, 6.07) is 5.49. The second-order valence-corrected chi connectivity index (χ2v) is 5.07. The summed E-state index contributed by atoms with van der Waals surface area (Å²) in [7, 11) is 0. The van der Waals surface area contributed by atoms with E-state index in [0.717, 1.165) is 6.07 Å². The van der Waals surface area contributed by atoms with Crippen molar-refractivity contribution < 1.29 is 22.8 Å². The predicted octanol–water partition coefficient (Wildman–Crippen LogP) is 3.99. The van der Waals surface area contributed by atoms with Crippen molar-refractivity contribution in [3.05, 3.63) is 57.8 Å². The molecule has 23 heavy (non-hydrogen) atoms. The Morgan fingerprint density at radius 1 is 0.826 bits per heavy atom. The molecule has 0 bridgehead atoms. The summed E-state index contributed by atoms with van der Waals surface area (Å²) in [5.41, 5.74) is -0.497. The highest BCUT2D eigenvalue weighted by Crippen LogP contribution is 2.25. The van der Waals surface area contributed by atoms with Gasteiger partial charge in [0, 0.05) is 5.69 Å². The lowest BCUT2D eigenvalue weighted by molar-refractivity contribution is -0.133. The van der Waals surface area contributed by atoms with Gasteiger partial charge in [-0.05, 0) is 30.3 Å². The lowest BCUT2D eigenvalue weighted by Crippen LogP contribution is -2.29. The van der Waals surface area contributed by atoms with Crippen molar-refractivity contribution in [3.8, 4) is 0 Å². The summed E-state index contributed by atoms with van der Waals surface area (Å²) in [4.78, 5) is 23.3. The maximum Gasteiger partial charge on any atom is 0.314 e. The van der Waals surface area contributed by atoms with Gasteiger partial charge in [-0.25, -0.2) is 13.2 Å². The Morgan fingerprint density at radius 3 is 2.13 bits per heavy atom. The molecule has 2 N–H and O–H groups in total. The van der Waals surface area contributed by atoms with E-state index in [1.54, 1.807) is 0 Å². The van der Waals surface area contributed by atoms with E-state index in [-0.39, 0.29) is 15.7 Å². The fourth-order valence-corrected chi connectivity index (χ4v) is 1.86. The Morgan fingerprint density at radius 2 is 1.48 bits per heavy atom. The van der Waals surface area contributed by atoms with Crippen LogP contribution in [0.15, 0.2) is 30.3 Å². The van der Waals surface area contributed by atoms with Crippen molar-refractivity contribution >= 4 is 46.4 Å². The largest absolute Gasteiger partial charge is 0.318 e. The molecule has 2 aromatic rings. The first-order valence-electron chi connectivity index (χ1n) is 6.00. The first kappa shape index (κ1) is 17.1.